The van der Waals surface area contributed by atoms with Crippen LogP contribution in [-0.4, -0.2) is 47.6 Å². The van der Waals surface area contributed by atoms with E-state index in [1.807, 2.05) is 48.8 Å². The van der Waals surface area contributed by atoms with E-state index in [4.69, 9.17) is 25.3 Å². The number of aliphatic hydroxyl groups is 3. The van der Waals surface area contributed by atoms with Crippen LogP contribution in [0.4, 0.5) is 0 Å². The SMILES string of the molecule is CC(=O)C=C(C)O.CC(=O)C=C(C)O.CC(=O)C=C(C)O.CC(C)(C)c1c[c-]c(-c2nc3ccccc3c3sccc23)cc1.CC1(C)c2cccc3c2-c2c4c1cccc4cc[n+]2C3.Cc1[c-]c(-c2nccc3c(C(C)C)cc(C(C)C)cc23)cc(C)c1.[Ir].[Ir].[Ir].[c-]1ccccc1-c1nccc2sccc12. The Labute approximate surface area is 673 Å². The summed E-state index contributed by atoms with van der Waals surface area (Å²) in [5.41, 5.74) is 21.4. The Morgan fingerprint density at radius 1 is 0.575 bits per heavy atom. The molecule has 7 heterocycles. The number of pyridine rings is 4. The normalized spacial score (nSPS) is 12.2. The van der Waals surface area contributed by atoms with Crippen molar-refractivity contribution in [2.24, 2.45) is 0 Å². The zero-order valence-electron chi connectivity index (χ0n) is 63.2. The summed E-state index contributed by atoms with van der Waals surface area (Å²) in [6, 6.07) is 66.2. The van der Waals surface area contributed by atoms with Crippen molar-refractivity contribution < 1.29 is 94.6 Å². The van der Waals surface area contributed by atoms with E-state index in [9.17, 15) is 14.4 Å². The summed E-state index contributed by atoms with van der Waals surface area (Å²) in [6.07, 6.45) is 9.53. The van der Waals surface area contributed by atoms with E-state index in [2.05, 4.69) is 242 Å². The average molecular weight is 1980 g/mol. The van der Waals surface area contributed by atoms with E-state index in [-0.39, 0.29) is 106 Å². The van der Waals surface area contributed by atoms with E-state index in [1.54, 1.807) is 22.7 Å². The zero-order chi connectivity index (χ0) is 74.6. The van der Waals surface area contributed by atoms with Gasteiger partial charge in [0, 0.05) is 123 Å². The van der Waals surface area contributed by atoms with Crippen molar-refractivity contribution >= 4 is 92.6 Å². The molecule has 3 radical (unpaired) electrons. The number of thiophene rings is 2. The molecule has 1 aliphatic heterocycles. The number of hydrogen-bond acceptors (Lipinski definition) is 11. The molecule has 13 aromatic rings. The Morgan fingerprint density at radius 2 is 1.18 bits per heavy atom. The quantitative estimate of drug-likeness (QED) is 0.0584. The number of nitrogens with zero attached hydrogens (tertiary/aromatic N) is 4. The topological polar surface area (TPSA) is 154 Å². The van der Waals surface area contributed by atoms with Gasteiger partial charge in [0.25, 0.3) is 0 Å². The Hall–Kier alpha value is -8.58. The van der Waals surface area contributed by atoms with Crippen LogP contribution in [0.2, 0.25) is 0 Å². The van der Waals surface area contributed by atoms with Crippen LogP contribution in [0.3, 0.4) is 0 Å². The first-order valence-corrected chi connectivity index (χ1v) is 36.4. The molecule has 553 valence electrons. The minimum Gasteiger partial charge on any atom is -0.512 e. The second kappa shape index (κ2) is 38.3. The summed E-state index contributed by atoms with van der Waals surface area (Å²) in [5, 5.41) is 38.4. The molecule has 106 heavy (non-hydrogen) atoms. The number of aryl methyl sites for hydroxylation is 2. The van der Waals surface area contributed by atoms with Crippen molar-refractivity contribution in [2.75, 3.05) is 0 Å². The fourth-order valence-corrected chi connectivity index (χ4v) is 14.7. The summed E-state index contributed by atoms with van der Waals surface area (Å²) in [6.45, 7) is 34.2. The predicted octanol–water partition coefficient (Wildman–Crippen LogP) is 23.4. The number of para-hydroxylation sites is 1. The predicted molar refractivity (Wildman–Crippen MR) is 430 cm³/mol. The Kier molecular flexibility index (Phi) is 31.2. The number of aromatic nitrogens is 4. The molecule has 0 atom stereocenters. The monoisotopic (exact) mass is 1980 g/mol. The van der Waals surface area contributed by atoms with Crippen molar-refractivity contribution in [3.05, 3.63) is 285 Å². The van der Waals surface area contributed by atoms with Crippen LogP contribution in [0.25, 0.3) is 97.6 Å². The molecule has 1 aliphatic carbocycles. The summed E-state index contributed by atoms with van der Waals surface area (Å²) in [5.74, 6) is 0.806. The van der Waals surface area contributed by atoms with Crippen molar-refractivity contribution in [2.45, 2.75) is 147 Å². The van der Waals surface area contributed by atoms with Gasteiger partial charge in [-0.2, -0.15) is 4.57 Å². The van der Waals surface area contributed by atoms with Gasteiger partial charge >= 0.3 is 0 Å². The van der Waals surface area contributed by atoms with Gasteiger partial charge in [-0.25, -0.2) is 0 Å². The van der Waals surface area contributed by atoms with Gasteiger partial charge in [-0.15, -0.1) is 129 Å². The third kappa shape index (κ3) is 21.4. The molecule has 3 N–H and O–H groups in total. The van der Waals surface area contributed by atoms with Gasteiger partial charge in [-0.05, 0) is 154 Å². The first-order chi connectivity index (χ1) is 48.9. The van der Waals surface area contributed by atoms with E-state index < -0.39 is 0 Å². The van der Waals surface area contributed by atoms with Gasteiger partial charge in [-0.3, -0.25) is 19.4 Å². The van der Waals surface area contributed by atoms with Crippen LogP contribution >= 0.6 is 22.7 Å². The maximum Gasteiger partial charge on any atom is 0.221 e. The Balaban J connectivity index is 0.000000203. The van der Waals surface area contributed by atoms with E-state index in [1.165, 1.54) is 157 Å². The van der Waals surface area contributed by atoms with Gasteiger partial charge in [0.05, 0.1) is 33.7 Å². The second-order valence-electron chi connectivity index (χ2n) is 28.3. The molecular formula is C91H92Ir3N4O6S2-2. The van der Waals surface area contributed by atoms with Crippen LogP contribution in [0.1, 0.15) is 160 Å². The van der Waals surface area contributed by atoms with Crippen molar-refractivity contribution in [3.8, 4) is 45.0 Å². The van der Waals surface area contributed by atoms with Crippen LogP contribution < -0.4 is 4.57 Å². The van der Waals surface area contributed by atoms with Crippen LogP contribution in [0, 0.1) is 32.0 Å². The molecule has 15 rings (SSSR count). The fraction of sp³-hybridized carbons (Fsp3) is 0.242. The molecule has 0 unspecified atom stereocenters. The number of hydrogen-bond donors (Lipinski definition) is 3. The molecule has 6 aromatic heterocycles. The van der Waals surface area contributed by atoms with Gasteiger partial charge in [0.1, 0.15) is 0 Å². The van der Waals surface area contributed by atoms with Crippen LogP contribution in [0.5, 0.6) is 0 Å². The minimum atomic E-state index is -0.125. The number of carbonyl (C=O) groups is 3. The molecule has 0 saturated carbocycles. The van der Waals surface area contributed by atoms with Crippen molar-refractivity contribution in [3.63, 3.8) is 0 Å². The number of benzene rings is 7. The molecule has 0 fully saturated rings. The third-order valence-electron chi connectivity index (χ3n) is 17.6. The van der Waals surface area contributed by atoms with E-state index >= 15 is 0 Å². The zero-order valence-corrected chi connectivity index (χ0v) is 72.0. The van der Waals surface area contributed by atoms with Gasteiger partial charge < -0.3 is 25.3 Å². The number of carbonyl (C=O) groups excluding carboxylic acids is 3. The fourth-order valence-electron chi connectivity index (χ4n) is 13.0. The van der Waals surface area contributed by atoms with Crippen molar-refractivity contribution in [1.29, 1.82) is 0 Å². The maximum absolute atomic E-state index is 10.0. The largest absolute Gasteiger partial charge is 0.512 e. The van der Waals surface area contributed by atoms with Gasteiger partial charge in [0.15, 0.2) is 30.1 Å². The molecule has 10 nitrogen and oxygen atoms in total. The first-order valence-electron chi connectivity index (χ1n) is 34.6. The maximum atomic E-state index is 10.0. The van der Waals surface area contributed by atoms with Gasteiger partial charge in [0.2, 0.25) is 5.69 Å². The molecule has 0 bridgehead atoms. The molecular weight excluding hydrogens is 1890 g/mol. The smallest absolute Gasteiger partial charge is 0.221 e. The van der Waals surface area contributed by atoms with E-state index in [0.717, 1.165) is 51.4 Å². The number of ketones is 3. The standard InChI is InChI=1S/C23H26N.C21H18NS.C19H16N.C13H8NS.3C5H8O2.3Ir/c1-14(2)18-12-21(15(3)4)20-7-8-24-23(22(20)13-18)19-10-16(5)9-17(6)11-19;1-21(2,3)15-10-8-14(9-11-15)19-17-12-13-23-20(17)16-6-4-5-7-18(16)22-19;1-19(2)14-7-3-5-12-9-10-20-11-13-6-4-8-15(19)17(13)18(20)16(12)14;1-2-4-10(5-3-1)13-11-7-9-15-12(11)6-8-14-13;3*1-4(6)3-5(2)7;;;/h7-10,12-15H,1-6H3;4-8,10-13H,1-3H3;3-10H,11H2,1-2H3;1-4,6-9H;3*3,6H,1-2H3;;;/q2*-1;+1;-1;;;;;;. The van der Waals surface area contributed by atoms with Crippen LogP contribution in [0.15, 0.2) is 223 Å². The van der Waals surface area contributed by atoms with Crippen molar-refractivity contribution in [1.82, 2.24) is 15.0 Å². The molecule has 7 aromatic carbocycles. The van der Waals surface area contributed by atoms with Crippen LogP contribution in [-0.2, 0) is 92.1 Å². The second-order valence-corrected chi connectivity index (χ2v) is 30.2. The number of allylic oxidation sites excluding steroid dienone is 6. The number of fused-ring (bicyclic) bond motifs is 5. The Morgan fingerprint density at radius 3 is 1.76 bits per heavy atom. The Bertz CT molecular complexity index is 5260. The number of aliphatic hydroxyl groups excluding tert-OH is 3. The summed E-state index contributed by atoms with van der Waals surface area (Å²) in [4.78, 5) is 44.1. The summed E-state index contributed by atoms with van der Waals surface area (Å²) >= 11 is 3.52. The molecule has 2 aliphatic rings. The molecule has 0 spiro atoms. The third-order valence-corrected chi connectivity index (χ3v) is 19.4. The first kappa shape index (κ1) is 86.3. The molecule has 0 saturated heterocycles. The summed E-state index contributed by atoms with van der Waals surface area (Å²) < 4.78 is 4.99. The molecule has 0 amide bonds. The van der Waals surface area contributed by atoms with Gasteiger partial charge in [-0.1, -0.05) is 155 Å². The minimum absolute atomic E-state index is 0. The summed E-state index contributed by atoms with van der Waals surface area (Å²) in [7, 11) is 0. The molecule has 15 heteroatoms. The average Bonchev–Trinajstić information content (AvgIpc) is 1.48. The van der Waals surface area contributed by atoms with E-state index in [0.29, 0.717) is 11.8 Å². The number of rotatable bonds is 8.